The summed E-state index contributed by atoms with van der Waals surface area (Å²) in [7, 11) is -0.695. The van der Waals surface area contributed by atoms with Crippen LogP contribution in [-0.2, 0) is 10.8 Å². The summed E-state index contributed by atoms with van der Waals surface area (Å²) >= 11 is 10.9. The van der Waals surface area contributed by atoms with Gasteiger partial charge in [0.25, 0.3) is 0 Å². The molecule has 0 aliphatic carbocycles. The Morgan fingerprint density at radius 2 is 2.33 bits per heavy atom. The molecule has 0 saturated carbocycles. The molecule has 0 spiro atoms. The Kier molecular flexibility index (Phi) is 8.34. The summed E-state index contributed by atoms with van der Waals surface area (Å²) in [4.78, 5) is 0. The highest BCUT2D eigenvalue weighted by molar-refractivity contribution is 7.84. The molecule has 0 aromatic heterocycles. The van der Waals surface area contributed by atoms with Crippen molar-refractivity contribution in [2.24, 2.45) is 0 Å². The molecule has 1 unspecified atom stereocenters. The molecule has 0 rings (SSSR count). The fourth-order valence-electron chi connectivity index (χ4n) is 0.647. The Bertz CT molecular complexity index is 173. The van der Waals surface area contributed by atoms with E-state index in [0.717, 1.165) is 18.7 Å². The molecule has 0 aromatic carbocycles. The standard InChI is InChI=1S/C7H13Cl2NOS/c1-12(11)4-2-3-10-6-7(9)5-8/h5,10H,2-4,6H2,1H3. The van der Waals surface area contributed by atoms with Crippen LogP contribution < -0.4 is 5.32 Å². The smallest absolute Gasteiger partial charge is 0.0431 e. The van der Waals surface area contributed by atoms with Crippen LogP contribution in [0, 0.1) is 0 Å². The average Bonchev–Trinajstić information content (AvgIpc) is 2.03. The third kappa shape index (κ3) is 8.53. The zero-order chi connectivity index (χ0) is 9.40. The molecule has 0 heterocycles. The van der Waals surface area contributed by atoms with Gasteiger partial charge in [-0.2, -0.15) is 0 Å². The molecule has 1 atom stereocenters. The molecule has 0 aliphatic rings. The van der Waals surface area contributed by atoms with Crippen LogP contribution in [0.2, 0.25) is 0 Å². The van der Waals surface area contributed by atoms with Crippen LogP contribution >= 0.6 is 23.2 Å². The van der Waals surface area contributed by atoms with Gasteiger partial charge in [0.15, 0.2) is 0 Å². The minimum absolute atomic E-state index is 0.585. The van der Waals surface area contributed by atoms with Crippen LogP contribution in [0.4, 0.5) is 0 Å². The number of hydrogen-bond donors (Lipinski definition) is 1. The van der Waals surface area contributed by atoms with Crippen molar-refractivity contribution in [2.75, 3.05) is 25.1 Å². The highest BCUT2D eigenvalue weighted by Crippen LogP contribution is 1.99. The maximum absolute atomic E-state index is 10.6. The maximum atomic E-state index is 10.6. The molecule has 5 heteroatoms. The van der Waals surface area contributed by atoms with E-state index in [1.165, 1.54) is 5.54 Å². The molecular weight excluding hydrogens is 217 g/mol. The molecule has 12 heavy (non-hydrogen) atoms. The molecule has 0 aromatic rings. The molecular formula is C7H13Cl2NOS. The summed E-state index contributed by atoms with van der Waals surface area (Å²) in [6.07, 6.45) is 2.60. The van der Waals surface area contributed by atoms with Crippen LogP contribution in [0.25, 0.3) is 0 Å². The lowest BCUT2D eigenvalue weighted by atomic mass is 10.4. The van der Waals surface area contributed by atoms with Gasteiger partial charge in [-0.3, -0.25) is 4.21 Å². The lowest BCUT2D eigenvalue weighted by Crippen LogP contribution is -2.18. The van der Waals surface area contributed by atoms with Gasteiger partial charge in [0.1, 0.15) is 0 Å². The number of hydrogen-bond acceptors (Lipinski definition) is 2. The van der Waals surface area contributed by atoms with E-state index in [4.69, 9.17) is 23.2 Å². The van der Waals surface area contributed by atoms with E-state index < -0.39 is 10.8 Å². The molecule has 0 saturated heterocycles. The summed E-state index contributed by atoms with van der Waals surface area (Å²) in [5.41, 5.74) is 1.34. The van der Waals surface area contributed by atoms with Crippen molar-refractivity contribution in [3.8, 4) is 0 Å². The predicted molar refractivity (Wildman–Crippen MR) is 56.2 cm³/mol. The summed E-state index contributed by atoms with van der Waals surface area (Å²) in [6.45, 7) is 1.40. The predicted octanol–water partition coefficient (Wildman–Crippen LogP) is 1.66. The Balaban J connectivity index is 3.16. The normalized spacial score (nSPS) is 14.8. The van der Waals surface area contributed by atoms with Crippen LogP contribution in [0.3, 0.4) is 0 Å². The van der Waals surface area contributed by atoms with Gasteiger partial charge in [-0.25, -0.2) is 0 Å². The molecule has 0 bridgehead atoms. The van der Waals surface area contributed by atoms with Gasteiger partial charge in [0.2, 0.25) is 0 Å². The minimum Gasteiger partial charge on any atom is -0.312 e. The summed E-state index contributed by atoms with van der Waals surface area (Å²) in [5.74, 6) is 0.731. The lowest BCUT2D eigenvalue weighted by molar-refractivity contribution is 0.677. The van der Waals surface area contributed by atoms with Gasteiger partial charge in [-0.15, -0.1) is 0 Å². The van der Waals surface area contributed by atoms with Crippen molar-refractivity contribution in [1.82, 2.24) is 5.32 Å². The number of nitrogens with one attached hydrogen (secondary N) is 1. The molecule has 1 N–H and O–H groups in total. The van der Waals surface area contributed by atoms with Crippen molar-refractivity contribution >= 4 is 34.0 Å². The highest BCUT2D eigenvalue weighted by atomic mass is 35.5. The van der Waals surface area contributed by atoms with Crippen LogP contribution in [0.1, 0.15) is 6.42 Å². The maximum Gasteiger partial charge on any atom is 0.0431 e. The van der Waals surface area contributed by atoms with E-state index >= 15 is 0 Å². The van der Waals surface area contributed by atoms with E-state index in [-0.39, 0.29) is 0 Å². The van der Waals surface area contributed by atoms with Crippen molar-refractivity contribution in [2.45, 2.75) is 6.42 Å². The molecule has 2 nitrogen and oxygen atoms in total. The monoisotopic (exact) mass is 229 g/mol. The van der Waals surface area contributed by atoms with Gasteiger partial charge in [0, 0.05) is 39.9 Å². The van der Waals surface area contributed by atoms with Gasteiger partial charge in [0.05, 0.1) is 0 Å². The fourth-order valence-corrected chi connectivity index (χ4v) is 1.37. The van der Waals surface area contributed by atoms with Crippen molar-refractivity contribution in [3.05, 3.63) is 10.6 Å². The quantitative estimate of drug-likeness (QED) is 0.703. The molecule has 0 radical (unpaired) electrons. The van der Waals surface area contributed by atoms with Crippen LogP contribution in [-0.4, -0.2) is 29.3 Å². The van der Waals surface area contributed by atoms with Crippen molar-refractivity contribution in [3.63, 3.8) is 0 Å². The fraction of sp³-hybridized carbons (Fsp3) is 0.714. The van der Waals surface area contributed by atoms with E-state index in [0.29, 0.717) is 11.6 Å². The Morgan fingerprint density at radius 1 is 1.67 bits per heavy atom. The van der Waals surface area contributed by atoms with E-state index in [1.807, 2.05) is 0 Å². The first-order chi connectivity index (χ1) is 5.66. The second-order valence-electron chi connectivity index (χ2n) is 2.36. The second-order valence-corrected chi connectivity index (χ2v) is 4.62. The number of rotatable bonds is 6. The topological polar surface area (TPSA) is 29.1 Å². The van der Waals surface area contributed by atoms with Gasteiger partial charge >= 0.3 is 0 Å². The second kappa shape index (κ2) is 8.05. The zero-order valence-corrected chi connectivity index (χ0v) is 9.31. The van der Waals surface area contributed by atoms with E-state index in [1.54, 1.807) is 6.26 Å². The first-order valence-corrected chi connectivity index (χ1v) is 6.16. The van der Waals surface area contributed by atoms with E-state index in [9.17, 15) is 4.21 Å². The lowest BCUT2D eigenvalue weighted by Gasteiger charge is -2.01. The van der Waals surface area contributed by atoms with Crippen LogP contribution in [0.15, 0.2) is 10.6 Å². The largest absolute Gasteiger partial charge is 0.312 e. The first kappa shape index (κ1) is 12.4. The summed E-state index contributed by atoms with van der Waals surface area (Å²) in [6, 6.07) is 0. The van der Waals surface area contributed by atoms with Gasteiger partial charge < -0.3 is 5.32 Å². The summed E-state index contributed by atoms with van der Waals surface area (Å²) < 4.78 is 10.6. The van der Waals surface area contributed by atoms with Crippen molar-refractivity contribution in [1.29, 1.82) is 0 Å². The number of halogens is 2. The Hall–Kier alpha value is 0.430. The van der Waals surface area contributed by atoms with E-state index in [2.05, 4.69) is 5.32 Å². The molecule has 0 aliphatic heterocycles. The third-order valence-corrected chi connectivity index (χ3v) is 2.68. The zero-order valence-electron chi connectivity index (χ0n) is 6.98. The first-order valence-electron chi connectivity index (χ1n) is 3.62. The average molecular weight is 230 g/mol. The SMILES string of the molecule is CS(=O)CCCNCC(Cl)=CCl. The van der Waals surface area contributed by atoms with Gasteiger partial charge in [-0.05, 0) is 13.0 Å². The molecule has 72 valence electrons. The van der Waals surface area contributed by atoms with Crippen molar-refractivity contribution < 1.29 is 4.21 Å². The molecule has 0 amide bonds. The highest BCUT2D eigenvalue weighted by Gasteiger charge is 1.93. The van der Waals surface area contributed by atoms with Crippen LogP contribution in [0.5, 0.6) is 0 Å². The van der Waals surface area contributed by atoms with Gasteiger partial charge in [-0.1, -0.05) is 23.2 Å². The minimum atomic E-state index is -0.695. The third-order valence-electron chi connectivity index (χ3n) is 1.20. The molecule has 0 fully saturated rings. The Labute approximate surface area is 85.8 Å². The summed E-state index contributed by atoms with van der Waals surface area (Å²) in [5, 5.41) is 3.66. The Morgan fingerprint density at radius 3 is 2.83 bits per heavy atom.